The molecule has 1 aromatic carbocycles. The van der Waals surface area contributed by atoms with Gasteiger partial charge in [0.05, 0.1) is 5.69 Å². The molecule has 9 heteroatoms. The van der Waals surface area contributed by atoms with Crippen LogP contribution in [-0.2, 0) is 4.74 Å². The first kappa shape index (κ1) is 24.5. The number of alkyl carbamates (subject to hydrolysis) is 1. The second-order valence-corrected chi connectivity index (χ2v) is 9.95. The number of rotatable bonds is 6. The number of halogens is 1. The monoisotopic (exact) mass is 480 g/mol. The molecular weight excluding hydrogens is 447 g/mol. The van der Waals surface area contributed by atoms with Gasteiger partial charge in [-0.2, -0.15) is 9.97 Å². The molecule has 8 nitrogen and oxygen atoms in total. The lowest BCUT2D eigenvalue weighted by Gasteiger charge is -2.22. The van der Waals surface area contributed by atoms with E-state index in [2.05, 4.69) is 15.5 Å². The summed E-state index contributed by atoms with van der Waals surface area (Å²) in [6.07, 6.45) is 0.502. The van der Waals surface area contributed by atoms with Crippen LogP contribution in [0.5, 0.6) is 0 Å². The van der Waals surface area contributed by atoms with E-state index in [9.17, 15) is 9.18 Å². The Kier molecular flexibility index (Phi) is 6.95. The number of para-hydroxylation sites is 1. The first-order valence-electron chi connectivity index (χ1n) is 11.9. The van der Waals surface area contributed by atoms with Crippen molar-refractivity contribution in [3.8, 4) is 5.95 Å². The number of carbonyl (C=O) groups is 1. The van der Waals surface area contributed by atoms with E-state index in [4.69, 9.17) is 14.7 Å². The van der Waals surface area contributed by atoms with Crippen LogP contribution in [0.3, 0.4) is 0 Å². The summed E-state index contributed by atoms with van der Waals surface area (Å²) in [6.45, 7) is 11.6. The molecule has 1 aliphatic rings. The van der Waals surface area contributed by atoms with Crippen molar-refractivity contribution in [3.63, 3.8) is 0 Å². The number of anilines is 3. The quantitative estimate of drug-likeness (QED) is 0.510. The summed E-state index contributed by atoms with van der Waals surface area (Å²) in [4.78, 5) is 23.8. The van der Waals surface area contributed by atoms with Gasteiger partial charge in [-0.15, -0.1) is 0 Å². The number of carbonyl (C=O) groups excluding carboxylic acids is 1. The lowest BCUT2D eigenvalue weighted by molar-refractivity contribution is 0.0520. The average Bonchev–Trinajstić information content (AvgIpc) is 3.39. The van der Waals surface area contributed by atoms with E-state index in [0.717, 1.165) is 36.7 Å². The van der Waals surface area contributed by atoms with Crippen molar-refractivity contribution in [2.45, 2.75) is 46.6 Å². The standard InChI is InChI=1S/C26H33FN6O2/c1-17-10-11-18(2)33(17)24-30-22(29-21-9-7-6-8-20(21)27)14-23(31-24)32-13-12-19(16-32)15-28-25(34)35-26(3,4)5/h6-11,14,19H,12-13,15-16H2,1-5H3,(H,28,34)(H,29,30,31)/t19-/m1/s1. The topological polar surface area (TPSA) is 84.3 Å². The van der Waals surface area contributed by atoms with Gasteiger partial charge in [0.25, 0.3) is 0 Å². The Morgan fingerprint density at radius 1 is 1.14 bits per heavy atom. The van der Waals surface area contributed by atoms with Crippen LogP contribution in [0.25, 0.3) is 5.95 Å². The van der Waals surface area contributed by atoms with Crippen LogP contribution in [0, 0.1) is 25.6 Å². The van der Waals surface area contributed by atoms with Gasteiger partial charge in [-0.1, -0.05) is 12.1 Å². The highest BCUT2D eigenvalue weighted by atomic mass is 19.1. The normalized spacial score (nSPS) is 15.8. The summed E-state index contributed by atoms with van der Waals surface area (Å²) >= 11 is 0. The van der Waals surface area contributed by atoms with Crippen molar-refractivity contribution in [3.05, 3.63) is 59.7 Å². The summed E-state index contributed by atoms with van der Waals surface area (Å²) in [5.74, 6) is 1.70. The van der Waals surface area contributed by atoms with Gasteiger partial charge in [-0.3, -0.25) is 4.57 Å². The molecule has 3 aromatic rings. The van der Waals surface area contributed by atoms with Crippen molar-refractivity contribution < 1.29 is 13.9 Å². The van der Waals surface area contributed by atoms with E-state index < -0.39 is 11.7 Å². The summed E-state index contributed by atoms with van der Waals surface area (Å²) in [7, 11) is 0. The predicted octanol–water partition coefficient (Wildman–Crippen LogP) is 5.12. The molecule has 2 aromatic heterocycles. The summed E-state index contributed by atoms with van der Waals surface area (Å²) in [5.41, 5.74) is 1.85. The molecule has 2 N–H and O–H groups in total. The number of hydrogen-bond acceptors (Lipinski definition) is 6. The fourth-order valence-corrected chi connectivity index (χ4v) is 4.18. The van der Waals surface area contributed by atoms with Crippen LogP contribution < -0.4 is 15.5 Å². The van der Waals surface area contributed by atoms with Crippen molar-refractivity contribution in [1.82, 2.24) is 19.9 Å². The van der Waals surface area contributed by atoms with Gasteiger partial charge >= 0.3 is 6.09 Å². The summed E-state index contributed by atoms with van der Waals surface area (Å²) < 4.78 is 21.6. The Morgan fingerprint density at radius 2 is 1.86 bits per heavy atom. The van der Waals surface area contributed by atoms with Crippen molar-refractivity contribution >= 4 is 23.4 Å². The van der Waals surface area contributed by atoms with E-state index >= 15 is 0 Å². The van der Waals surface area contributed by atoms with Gasteiger partial charge in [0.2, 0.25) is 5.95 Å². The molecule has 0 unspecified atom stereocenters. The van der Waals surface area contributed by atoms with E-state index in [1.54, 1.807) is 18.2 Å². The number of aromatic nitrogens is 3. The van der Waals surface area contributed by atoms with Crippen LogP contribution >= 0.6 is 0 Å². The maximum Gasteiger partial charge on any atom is 0.407 e. The van der Waals surface area contributed by atoms with Crippen LogP contribution in [-0.4, -0.2) is 45.9 Å². The first-order valence-corrected chi connectivity index (χ1v) is 11.9. The van der Waals surface area contributed by atoms with Crippen molar-refractivity contribution in [1.29, 1.82) is 0 Å². The van der Waals surface area contributed by atoms with Gasteiger partial charge in [0.1, 0.15) is 23.1 Å². The molecule has 186 valence electrons. The smallest absolute Gasteiger partial charge is 0.407 e. The number of nitrogens with zero attached hydrogens (tertiary/aromatic N) is 4. The van der Waals surface area contributed by atoms with E-state index in [1.165, 1.54) is 6.07 Å². The Labute approximate surface area is 205 Å². The third-order valence-electron chi connectivity index (χ3n) is 5.85. The zero-order chi connectivity index (χ0) is 25.2. The number of nitrogens with one attached hydrogen (secondary N) is 2. The molecule has 0 aliphatic carbocycles. The minimum Gasteiger partial charge on any atom is -0.444 e. The highest BCUT2D eigenvalue weighted by Crippen LogP contribution is 2.28. The molecule has 1 aliphatic heterocycles. The zero-order valence-electron chi connectivity index (χ0n) is 20.9. The van der Waals surface area contributed by atoms with Crippen LogP contribution in [0.4, 0.5) is 26.5 Å². The van der Waals surface area contributed by atoms with Crippen LogP contribution in [0.15, 0.2) is 42.5 Å². The maximum absolute atomic E-state index is 14.3. The Bertz CT molecular complexity index is 1180. The van der Waals surface area contributed by atoms with Crippen LogP contribution in [0.1, 0.15) is 38.6 Å². The predicted molar refractivity (Wildman–Crippen MR) is 135 cm³/mol. The molecule has 0 bridgehead atoms. The molecule has 1 fully saturated rings. The second-order valence-electron chi connectivity index (χ2n) is 9.95. The number of aryl methyl sites for hydroxylation is 2. The maximum atomic E-state index is 14.3. The average molecular weight is 481 g/mol. The lowest BCUT2D eigenvalue weighted by Crippen LogP contribution is -2.36. The van der Waals surface area contributed by atoms with Gasteiger partial charge in [-0.25, -0.2) is 9.18 Å². The highest BCUT2D eigenvalue weighted by Gasteiger charge is 2.26. The molecule has 4 rings (SSSR count). The third kappa shape index (κ3) is 6.09. The number of hydrogen-bond donors (Lipinski definition) is 2. The Morgan fingerprint density at radius 3 is 2.54 bits per heavy atom. The first-order chi connectivity index (χ1) is 16.6. The van der Waals surface area contributed by atoms with Gasteiger partial charge < -0.3 is 20.3 Å². The lowest BCUT2D eigenvalue weighted by atomic mass is 10.1. The largest absolute Gasteiger partial charge is 0.444 e. The highest BCUT2D eigenvalue weighted by molar-refractivity contribution is 5.67. The van der Waals surface area contributed by atoms with E-state index in [-0.39, 0.29) is 11.7 Å². The summed E-state index contributed by atoms with van der Waals surface area (Å²) in [6, 6.07) is 12.4. The fraction of sp³-hybridized carbons (Fsp3) is 0.423. The minimum absolute atomic E-state index is 0.263. The zero-order valence-corrected chi connectivity index (χ0v) is 20.9. The molecule has 0 radical (unpaired) electrons. The molecule has 3 heterocycles. The van der Waals surface area contributed by atoms with Crippen molar-refractivity contribution in [2.24, 2.45) is 5.92 Å². The molecule has 1 amide bonds. The fourth-order valence-electron chi connectivity index (χ4n) is 4.18. The molecule has 0 spiro atoms. The molecule has 35 heavy (non-hydrogen) atoms. The van der Waals surface area contributed by atoms with Crippen molar-refractivity contribution in [2.75, 3.05) is 29.9 Å². The minimum atomic E-state index is -0.528. The van der Waals surface area contributed by atoms with Gasteiger partial charge in [0.15, 0.2) is 0 Å². The molecule has 0 saturated carbocycles. The molecule has 1 saturated heterocycles. The second kappa shape index (κ2) is 9.93. The van der Waals surface area contributed by atoms with E-state index in [0.29, 0.717) is 24.0 Å². The number of ether oxygens (including phenoxy) is 1. The Hall–Kier alpha value is -3.62. The van der Waals surface area contributed by atoms with E-state index in [1.807, 2.05) is 57.4 Å². The third-order valence-corrected chi connectivity index (χ3v) is 5.85. The SMILES string of the molecule is Cc1ccc(C)n1-c1nc(Nc2ccccc2F)cc(N2CC[C@H](CNC(=O)OC(C)(C)C)C2)n1. The Balaban J connectivity index is 1.55. The number of benzene rings is 1. The van der Waals surface area contributed by atoms with Gasteiger partial charge in [0, 0.05) is 37.1 Å². The summed E-state index contributed by atoms with van der Waals surface area (Å²) in [5, 5.41) is 5.98. The van der Waals surface area contributed by atoms with Crippen LogP contribution in [0.2, 0.25) is 0 Å². The number of amides is 1. The van der Waals surface area contributed by atoms with Gasteiger partial charge in [-0.05, 0) is 71.2 Å². The molecule has 1 atom stereocenters. The molecular formula is C26H33FN6O2.